The Labute approximate surface area is 68.6 Å². The zero-order chi connectivity index (χ0) is 8.43. The first-order valence-electron chi connectivity index (χ1n) is 4.54. The molecule has 11 heavy (non-hydrogen) atoms. The Morgan fingerprint density at radius 1 is 1.55 bits per heavy atom. The minimum atomic E-state index is 0.277. The van der Waals surface area contributed by atoms with Crippen LogP contribution in [0.3, 0.4) is 0 Å². The fourth-order valence-electron chi connectivity index (χ4n) is 1.87. The van der Waals surface area contributed by atoms with Crippen molar-refractivity contribution in [2.75, 3.05) is 13.1 Å². The number of hydrogen-bond acceptors (Lipinski definition) is 1. The van der Waals surface area contributed by atoms with E-state index in [0.29, 0.717) is 11.8 Å². The van der Waals surface area contributed by atoms with Gasteiger partial charge in [-0.15, -0.1) is 0 Å². The van der Waals surface area contributed by atoms with E-state index in [1.54, 1.807) is 4.90 Å². The van der Waals surface area contributed by atoms with E-state index in [9.17, 15) is 4.79 Å². The van der Waals surface area contributed by atoms with E-state index in [-0.39, 0.29) is 5.92 Å². The number of quaternary nitrogens is 1. The van der Waals surface area contributed by atoms with Gasteiger partial charge in [-0.05, 0) is 20.8 Å². The Morgan fingerprint density at radius 2 is 2.18 bits per heavy atom. The number of nitrogens with one attached hydrogen (secondary N) is 1. The molecule has 0 radical (unpaired) electrons. The van der Waals surface area contributed by atoms with Gasteiger partial charge in [-0.1, -0.05) is 0 Å². The molecule has 0 spiro atoms. The van der Waals surface area contributed by atoms with Crippen LogP contribution in [0.2, 0.25) is 0 Å². The number of hydrogen-bond donors (Lipinski definition) is 1. The largest absolute Gasteiger partial charge is 0.332 e. The first kappa shape index (κ1) is 8.72. The second kappa shape index (κ2) is 3.35. The number of rotatable bonds is 1. The second-order valence-corrected chi connectivity index (χ2v) is 3.56. The summed E-state index contributed by atoms with van der Waals surface area (Å²) in [6.07, 6.45) is 0.786. The lowest BCUT2D eigenvalue weighted by atomic mass is 9.91. The van der Waals surface area contributed by atoms with Crippen LogP contribution in [0, 0.1) is 5.92 Å². The van der Waals surface area contributed by atoms with Gasteiger partial charge < -0.3 is 4.90 Å². The van der Waals surface area contributed by atoms with Crippen LogP contribution in [0.25, 0.3) is 0 Å². The zero-order valence-corrected chi connectivity index (χ0v) is 7.68. The molecule has 1 unspecified atom stereocenters. The zero-order valence-electron chi connectivity index (χ0n) is 7.68. The molecule has 2 nitrogen and oxygen atoms in total. The maximum Gasteiger partial charge on any atom is 0.147 e. The van der Waals surface area contributed by atoms with Crippen LogP contribution in [-0.2, 0) is 4.79 Å². The summed E-state index contributed by atoms with van der Waals surface area (Å²) in [5.41, 5.74) is 0. The average Bonchev–Trinajstić information content (AvgIpc) is 2.01. The van der Waals surface area contributed by atoms with Gasteiger partial charge in [0.1, 0.15) is 5.78 Å². The highest BCUT2D eigenvalue weighted by atomic mass is 16.1. The molecule has 0 aromatic heterocycles. The van der Waals surface area contributed by atoms with Crippen molar-refractivity contribution < 1.29 is 9.69 Å². The van der Waals surface area contributed by atoms with Crippen LogP contribution in [0.1, 0.15) is 27.2 Å². The summed E-state index contributed by atoms with van der Waals surface area (Å²) in [5, 5.41) is 0. The lowest BCUT2D eigenvalue weighted by molar-refractivity contribution is -0.926. The van der Waals surface area contributed by atoms with Crippen LogP contribution in [-0.4, -0.2) is 24.9 Å². The van der Waals surface area contributed by atoms with E-state index in [4.69, 9.17) is 0 Å². The third-order valence-corrected chi connectivity index (χ3v) is 3.05. The van der Waals surface area contributed by atoms with E-state index in [1.165, 1.54) is 0 Å². The highest BCUT2D eigenvalue weighted by molar-refractivity contribution is 5.81. The van der Waals surface area contributed by atoms with Gasteiger partial charge in [-0.25, -0.2) is 0 Å². The second-order valence-electron chi connectivity index (χ2n) is 3.56. The molecule has 0 bridgehead atoms. The minimum Gasteiger partial charge on any atom is -0.332 e. The number of Topliss-reactive ketones (excluding diaryl/α,β-unsaturated/α-hetero) is 1. The lowest BCUT2D eigenvalue weighted by Crippen LogP contribution is -3.17. The standard InChI is InChI=1S/C9H17NO/c1-4-10-6-5-9(11)7(2)8(10)3/h7-8H,4-6H2,1-3H3/p+1/t7-,8+/m1/s1. The van der Waals surface area contributed by atoms with Gasteiger partial charge in [0.25, 0.3) is 0 Å². The van der Waals surface area contributed by atoms with Gasteiger partial charge in [0, 0.05) is 0 Å². The van der Waals surface area contributed by atoms with E-state index < -0.39 is 0 Å². The fourth-order valence-corrected chi connectivity index (χ4v) is 1.87. The summed E-state index contributed by atoms with van der Waals surface area (Å²) in [6, 6.07) is 0.529. The fraction of sp³-hybridized carbons (Fsp3) is 0.889. The molecule has 1 N–H and O–H groups in total. The van der Waals surface area contributed by atoms with Crippen molar-refractivity contribution in [3.63, 3.8) is 0 Å². The number of carbonyl (C=O) groups excluding carboxylic acids is 1. The first-order valence-corrected chi connectivity index (χ1v) is 4.54. The predicted octanol–water partition coefficient (Wildman–Crippen LogP) is -0.111. The summed E-state index contributed by atoms with van der Waals surface area (Å²) < 4.78 is 0. The van der Waals surface area contributed by atoms with Crippen LogP contribution in [0.4, 0.5) is 0 Å². The van der Waals surface area contributed by atoms with Gasteiger partial charge in [0.15, 0.2) is 0 Å². The predicted molar refractivity (Wildman–Crippen MR) is 44.6 cm³/mol. The van der Waals surface area contributed by atoms with Crippen LogP contribution < -0.4 is 4.90 Å². The van der Waals surface area contributed by atoms with Crippen molar-refractivity contribution >= 4 is 5.78 Å². The molecule has 2 heteroatoms. The molecule has 1 saturated heterocycles. The number of ketones is 1. The Balaban J connectivity index is 2.59. The first-order chi connectivity index (χ1) is 5.16. The Kier molecular flexibility index (Phi) is 2.66. The number of piperidine rings is 1. The lowest BCUT2D eigenvalue weighted by Gasteiger charge is -2.32. The van der Waals surface area contributed by atoms with Crippen molar-refractivity contribution in [3.8, 4) is 0 Å². The maximum absolute atomic E-state index is 11.3. The minimum absolute atomic E-state index is 0.277. The Bertz CT molecular complexity index is 156. The van der Waals surface area contributed by atoms with Crippen LogP contribution in [0.15, 0.2) is 0 Å². The molecular formula is C9H18NO+. The molecule has 1 rings (SSSR count). The van der Waals surface area contributed by atoms with Gasteiger partial charge in [0.05, 0.1) is 31.5 Å². The van der Waals surface area contributed by atoms with Crippen molar-refractivity contribution in [2.45, 2.75) is 33.2 Å². The van der Waals surface area contributed by atoms with Crippen molar-refractivity contribution in [1.82, 2.24) is 0 Å². The molecule has 0 aromatic carbocycles. The van der Waals surface area contributed by atoms with Crippen molar-refractivity contribution in [2.24, 2.45) is 5.92 Å². The molecule has 1 aliphatic heterocycles. The smallest absolute Gasteiger partial charge is 0.147 e. The van der Waals surface area contributed by atoms with Gasteiger partial charge in [-0.2, -0.15) is 0 Å². The monoisotopic (exact) mass is 156 g/mol. The molecule has 0 saturated carbocycles. The topological polar surface area (TPSA) is 21.5 Å². The van der Waals surface area contributed by atoms with Crippen LogP contribution in [0.5, 0.6) is 0 Å². The molecular weight excluding hydrogens is 138 g/mol. The molecule has 3 atom stereocenters. The summed E-state index contributed by atoms with van der Waals surface area (Å²) in [5.74, 6) is 0.730. The SMILES string of the molecule is CC[NH+]1CCC(=O)[C@H](C)[C@@H]1C. The highest BCUT2D eigenvalue weighted by Gasteiger charge is 2.32. The van der Waals surface area contributed by atoms with Gasteiger partial charge in [-0.3, -0.25) is 4.79 Å². The molecule has 64 valence electrons. The summed E-state index contributed by atoms with van der Waals surface area (Å²) in [7, 11) is 0. The Hall–Kier alpha value is -0.370. The molecule has 0 aliphatic carbocycles. The highest BCUT2D eigenvalue weighted by Crippen LogP contribution is 2.07. The number of carbonyl (C=O) groups is 1. The summed E-state index contributed by atoms with van der Waals surface area (Å²) in [6.45, 7) is 8.62. The van der Waals surface area contributed by atoms with Crippen molar-refractivity contribution in [3.05, 3.63) is 0 Å². The van der Waals surface area contributed by atoms with E-state index in [2.05, 4.69) is 20.8 Å². The maximum atomic E-state index is 11.3. The van der Waals surface area contributed by atoms with Gasteiger partial charge >= 0.3 is 0 Å². The summed E-state index contributed by atoms with van der Waals surface area (Å²) >= 11 is 0. The third kappa shape index (κ3) is 1.62. The van der Waals surface area contributed by atoms with E-state index >= 15 is 0 Å². The summed E-state index contributed by atoms with van der Waals surface area (Å²) in [4.78, 5) is 12.8. The molecule has 0 aromatic rings. The normalized spacial score (nSPS) is 39.2. The van der Waals surface area contributed by atoms with Crippen LogP contribution >= 0.6 is 0 Å². The van der Waals surface area contributed by atoms with Gasteiger partial charge in [0.2, 0.25) is 0 Å². The molecule has 1 heterocycles. The molecule has 1 aliphatic rings. The quantitative estimate of drug-likeness (QED) is 0.562. The molecule has 0 amide bonds. The van der Waals surface area contributed by atoms with E-state index in [1.807, 2.05) is 0 Å². The average molecular weight is 156 g/mol. The van der Waals surface area contributed by atoms with Crippen molar-refractivity contribution in [1.29, 1.82) is 0 Å². The molecule has 1 fully saturated rings. The number of likely N-dealkylation sites (tertiary alicyclic amines) is 1. The van der Waals surface area contributed by atoms with E-state index in [0.717, 1.165) is 19.5 Å². The third-order valence-electron chi connectivity index (χ3n) is 3.05. The Morgan fingerprint density at radius 3 is 2.73 bits per heavy atom.